The maximum absolute atomic E-state index is 13.2. The lowest BCUT2D eigenvalue weighted by atomic mass is 10.1. The molecule has 2 aliphatic heterocycles. The Hall–Kier alpha value is -2.20. The first-order chi connectivity index (χ1) is 14.2. The van der Waals surface area contributed by atoms with E-state index in [0.29, 0.717) is 57.3 Å². The maximum Gasteiger partial charge on any atom is 0.270 e. The van der Waals surface area contributed by atoms with Crippen molar-refractivity contribution in [3.8, 4) is 0 Å². The van der Waals surface area contributed by atoms with E-state index in [1.54, 1.807) is 0 Å². The Labute approximate surface area is 177 Å². The van der Waals surface area contributed by atoms with Gasteiger partial charge in [0.1, 0.15) is 4.90 Å². The van der Waals surface area contributed by atoms with Crippen LogP contribution in [0.3, 0.4) is 0 Å². The van der Waals surface area contributed by atoms with Crippen molar-refractivity contribution in [3.05, 3.63) is 28.3 Å². The normalized spacial score (nSPS) is 18.2. The van der Waals surface area contributed by atoms with Gasteiger partial charge in [0, 0.05) is 57.8 Å². The van der Waals surface area contributed by atoms with Crippen LogP contribution in [0.2, 0.25) is 0 Å². The minimum atomic E-state index is -3.82. The number of rotatable bonds is 7. The number of non-ortho nitro benzene ring substituents is 1. The monoisotopic (exact) mass is 438 g/mol. The molecule has 0 N–H and O–H groups in total. The second kappa shape index (κ2) is 9.30. The van der Waals surface area contributed by atoms with Crippen LogP contribution >= 0.6 is 0 Å². The van der Waals surface area contributed by atoms with Gasteiger partial charge >= 0.3 is 0 Å². The summed E-state index contributed by atoms with van der Waals surface area (Å²) in [6.45, 7) is 7.05. The molecule has 0 atom stereocenters. The Kier molecular flexibility index (Phi) is 6.97. The minimum Gasteiger partial charge on any atom is -0.367 e. The van der Waals surface area contributed by atoms with Crippen molar-refractivity contribution in [1.82, 2.24) is 9.21 Å². The third kappa shape index (κ3) is 4.92. The van der Waals surface area contributed by atoms with Crippen LogP contribution in [0.4, 0.5) is 11.4 Å². The number of hydrogen-bond donors (Lipinski definition) is 0. The number of amides is 1. The highest BCUT2D eigenvalue weighted by atomic mass is 32.2. The van der Waals surface area contributed by atoms with Crippen molar-refractivity contribution in [1.29, 1.82) is 0 Å². The number of nitro groups is 1. The standard InChI is InChI=1S/C20H30N4O5S/c1-16(2)5-8-20(25)22-13-11-21(12-14-22)18-7-6-17(24(26)27)15-19(18)30(28,29)23-9-3-4-10-23/h6-7,15-16H,3-5,8-14H2,1-2H3. The van der Waals surface area contributed by atoms with Crippen LogP contribution in [-0.4, -0.2) is 67.7 Å². The molecule has 1 aromatic carbocycles. The van der Waals surface area contributed by atoms with Gasteiger partial charge in [0.25, 0.3) is 5.69 Å². The van der Waals surface area contributed by atoms with E-state index in [0.717, 1.165) is 19.3 Å². The fraction of sp³-hybridized carbons (Fsp3) is 0.650. The van der Waals surface area contributed by atoms with Crippen molar-refractivity contribution in [2.45, 2.75) is 44.4 Å². The maximum atomic E-state index is 13.2. The summed E-state index contributed by atoms with van der Waals surface area (Å²) in [5, 5.41) is 11.3. The number of hydrogen-bond acceptors (Lipinski definition) is 6. The van der Waals surface area contributed by atoms with Crippen molar-refractivity contribution in [3.63, 3.8) is 0 Å². The Balaban J connectivity index is 1.81. The number of benzene rings is 1. The van der Waals surface area contributed by atoms with Gasteiger partial charge in [-0.25, -0.2) is 8.42 Å². The zero-order valence-electron chi connectivity index (χ0n) is 17.6. The summed E-state index contributed by atoms with van der Waals surface area (Å²) < 4.78 is 27.8. The quantitative estimate of drug-likeness (QED) is 0.478. The molecule has 0 unspecified atom stereocenters. The van der Waals surface area contributed by atoms with E-state index in [-0.39, 0.29) is 16.5 Å². The average Bonchev–Trinajstić information content (AvgIpc) is 3.27. The van der Waals surface area contributed by atoms with Crippen LogP contribution in [0.25, 0.3) is 0 Å². The molecule has 0 radical (unpaired) electrons. The van der Waals surface area contributed by atoms with Gasteiger partial charge in [0.05, 0.1) is 10.6 Å². The third-order valence-electron chi connectivity index (χ3n) is 5.75. The number of carbonyl (C=O) groups excluding carboxylic acids is 1. The lowest BCUT2D eigenvalue weighted by Crippen LogP contribution is -2.49. The van der Waals surface area contributed by atoms with Crippen LogP contribution < -0.4 is 4.90 Å². The number of sulfonamides is 1. The molecule has 10 heteroatoms. The molecule has 30 heavy (non-hydrogen) atoms. The van der Waals surface area contributed by atoms with Gasteiger partial charge in [-0.3, -0.25) is 14.9 Å². The molecule has 0 bridgehead atoms. The molecule has 3 rings (SSSR count). The number of carbonyl (C=O) groups is 1. The lowest BCUT2D eigenvalue weighted by molar-refractivity contribution is -0.385. The molecule has 2 fully saturated rings. The smallest absolute Gasteiger partial charge is 0.270 e. The molecular formula is C20H30N4O5S. The number of nitro benzene ring substituents is 1. The molecule has 0 saturated carbocycles. The van der Waals surface area contributed by atoms with Crippen LogP contribution in [0.5, 0.6) is 0 Å². The molecule has 9 nitrogen and oxygen atoms in total. The molecule has 1 amide bonds. The Morgan fingerprint density at radius 1 is 1.10 bits per heavy atom. The predicted molar refractivity (Wildman–Crippen MR) is 114 cm³/mol. The Bertz CT molecular complexity index is 888. The predicted octanol–water partition coefficient (Wildman–Crippen LogP) is 2.46. The van der Waals surface area contributed by atoms with Gasteiger partial charge < -0.3 is 9.80 Å². The van der Waals surface area contributed by atoms with E-state index in [9.17, 15) is 23.3 Å². The first kappa shape index (κ1) is 22.5. The Morgan fingerprint density at radius 2 is 1.73 bits per heavy atom. The van der Waals surface area contributed by atoms with Gasteiger partial charge in [-0.1, -0.05) is 13.8 Å². The zero-order valence-corrected chi connectivity index (χ0v) is 18.4. The zero-order chi connectivity index (χ0) is 21.9. The Morgan fingerprint density at radius 3 is 2.30 bits per heavy atom. The molecule has 2 aliphatic rings. The topological polar surface area (TPSA) is 104 Å². The van der Waals surface area contributed by atoms with E-state index in [4.69, 9.17) is 0 Å². The summed E-state index contributed by atoms with van der Waals surface area (Å²) in [5.41, 5.74) is 0.237. The highest BCUT2D eigenvalue weighted by Crippen LogP contribution is 2.33. The molecule has 2 saturated heterocycles. The molecular weight excluding hydrogens is 408 g/mol. The number of anilines is 1. The molecule has 1 aromatic rings. The van der Waals surface area contributed by atoms with E-state index < -0.39 is 14.9 Å². The van der Waals surface area contributed by atoms with Gasteiger partial charge in [0.15, 0.2) is 0 Å². The molecule has 166 valence electrons. The van der Waals surface area contributed by atoms with Gasteiger partial charge in [0.2, 0.25) is 15.9 Å². The summed E-state index contributed by atoms with van der Waals surface area (Å²) in [7, 11) is -3.82. The van der Waals surface area contributed by atoms with Gasteiger partial charge in [-0.05, 0) is 31.2 Å². The van der Waals surface area contributed by atoms with Gasteiger partial charge in [-0.15, -0.1) is 0 Å². The average molecular weight is 439 g/mol. The minimum absolute atomic E-state index is 0.0156. The SMILES string of the molecule is CC(C)CCC(=O)N1CCN(c2ccc([N+](=O)[O-])cc2S(=O)(=O)N2CCCC2)CC1. The van der Waals surface area contributed by atoms with E-state index in [1.165, 1.54) is 22.5 Å². The van der Waals surface area contributed by atoms with Crippen molar-refractivity contribution < 1.29 is 18.1 Å². The fourth-order valence-corrected chi connectivity index (χ4v) is 5.67. The third-order valence-corrected chi connectivity index (χ3v) is 7.67. The number of piperazine rings is 1. The first-order valence-corrected chi connectivity index (χ1v) is 12.0. The number of nitrogens with zero attached hydrogens (tertiary/aromatic N) is 4. The summed E-state index contributed by atoms with van der Waals surface area (Å²) in [6.07, 6.45) is 2.95. The van der Waals surface area contributed by atoms with E-state index in [1.807, 2.05) is 9.80 Å². The van der Waals surface area contributed by atoms with Crippen LogP contribution in [0.1, 0.15) is 39.5 Å². The molecule has 0 aliphatic carbocycles. The summed E-state index contributed by atoms with van der Waals surface area (Å²) in [5.74, 6) is 0.589. The fourth-order valence-electron chi connectivity index (χ4n) is 3.92. The van der Waals surface area contributed by atoms with E-state index in [2.05, 4.69) is 13.8 Å². The molecule has 2 heterocycles. The first-order valence-electron chi connectivity index (χ1n) is 10.5. The summed E-state index contributed by atoms with van der Waals surface area (Å²) in [6, 6.07) is 4.04. The van der Waals surface area contributed by atoms with Crippen molar-refractivity contribution in [2.75, 3.05) is 44.2 Å². The van der Waals surface area contributed by atoms with E-state index >= 15 is 0 Å². The second-order valence-corrected chi connectivity index (χ2v) is 10.2. The lowest BCUT2D eigenvalue weighted by Gasteiger charge is -2.37. The highest BCUT2D eigenvalue weighted by molar-refractivity contribution is 7.89. The summed E-state index contributed by atoms with van der Waals surface area (Å²) in [4.78, 5) is 26.8. The van der Waals surface area contributed by atoms with Crippen LogP contribution in [-0.2, 0) is 14.8 Å². The van der Waals surface area contributed by atoms with Crippen LogP contribution in [0.15, 0.2) is 23.1 Å². The van der Waals surface area contributed by atoms with Gasteiger partial charge in [-0.2, -0.15) is 4.31 Å². The largest absolute Gasteiger partial charge is 0.367 e. The molecule has 0 aromatic heterocycles. The van der Waals surface area contributed by atoms with Crippen molar-refractivity contribution >= 4 is 27.3 Å². The van der Waals surface area contributed by atoms with Crippen molar-refractivity contribution in [2.24, 2.45) is 5.92 Å². The van der Waals surface area contributed by atoms with Crippen LogP contribution in [0, 0.1) is 16.0 Å². The second-order valence-electron chi connectivity index (χ2n) is 8.32. The molecule has 0 spiro atoms. The highest BCUT2D eigenvalue weighted by Gasteiger charge is 2.33. The summed E-state index contributed by atoms with van der Waals surface area (Å²) >= 11 is 0.